The van der Waals surface area contributed by atoms with E-state index in [0.717, 1.165) is 64.2 Å². The van der Waals surface area contributed by atoms with Gasteiger partial charge < -0.3 is 30.3 Å². The predicted octanol–water partition coefficient (Wildman–Crippen LogP) is 9.80. The van der Waals surface area contributed by atoms with E-state index in [1.165, 1.54) is 0 Å². The average Bonchev–Trinajstić information content (AvgIpc) is 3.21. The molecule has 0 aliphatic carbocycles. The van der Waals surface area contributed by atoms with Crippen molar-refractivity contribution in [1.82, 2.24) is 0 Å². The van der Waals surface area contributed by atoms with Crippen molar-refractivity contribution >= 4 is 25.7 Å². The molecule has 4 atom stereocenters. The Labute approximate surface area is 352 Å². The lowest BCUT2D eigenvalue weighted by atomic mass is 10.2. The summed E-state index contributed by atoms with van der Waals surface area (Å²) < 4.78 is 32.4. The Hall–Kier alpha value is -4.16. The monoisotopic (exact) mass is 843 g/mol. The van der Waals surface area contributed by atoms with Crippen LogP contribution in [0.1, 0.15) is 110 Å². The van der Waals surface area contributed by atoms with Gasteiger partial charge in [0.25, 0.3) is 0 Å². The molecule has 2 unspecified atom stereocenters. The number of hydrogen-bond donors (Lipinski definition) is 4. The molecule has 0 spiro atoms. The lowest BCUT2D eigenvalue weighted by molar-refractivity contribution is -0.161. The lowest BCUT2D eigenvalue weighted by Crippen LogP contribution is -2.34. The van der Waals surface area contributed by atoms with Crippen molar-refractivity contribution in [2.24, 2.45) is 5.73 Å². The summed E-state index contributed by atoms with van der Waals surface area (Å²) in [6.07, 6.45) is 48.8. The van der Waals surface area contributed by atoms with Crippen LogP contribution in [0.4, 0.5) is 0 Å². The van der Waals surface area contributed by atoms with Crippen LogP contribution in [0.15, 0.2) is 122 Å². The maximum Gasteiger partial charge on any atom is 0.472 e. The fourth-order valence-corrected chi connectivity index (χ4v) is 5.35. The fourth-order valence-electron chi connectivity index (χ4n) is 4.57. The third kappa shape index (κ3) is 39.1. The zero-order chi connectivity index (χ0) is 43.7. The van der Waals surface area contributed by atoms with E-state index in [9.17, 15) is 28.9 Å². The summed E-state index contributed by atoms with van der Waals surface area (Å²) in [6.45, 7) is 2.31. The molecule has 0 aliphatic rings. The maximum absolute atomic E-state index is 12.6. The number of carboxylic acid groups (broad SMARTS) is 1. The molecule has 13 heteroatoms. The molecular formula is C46H70NO11P. The molecule has 12 nitrogen and oxygen atoms in total. The highest BCUT2D eigenvalue weighted by Crippen LogP contribution is 2.43. The molecule has 0 bridgehead atoms. The van der Waals surface area contributed by atoms with Crippen molar-refractivity contribution in [3.63, 3.8) is 0 Å². The van der Waals surface area contributed by atoms with Crippen LogP contribution in [-0.4, -0.2) is 71.1 Å². The Balaban J connectivity index is 4.72. The number of aliphatic hydroxyl groups excluding tert-OH is 1. The van der Waals surface area contributed by atoms with Gasteiger partial charge >= 0.3 is 25.7 Å². The van der Waals surface area contributed by atoms with Crippen LogP contribution in [0.2, 0.25) is 0 Å². The lowest BCUT2D eigenvalue weighted by Gasteiger charge is -2.20. The number of esters is 2. The van der Waals surface area contributed by atoms with Crippen LogP contribution in [0.25, 0.3) is 0 Å². The topological polar surface area (TPSA) is 192 Å². The smallest absolute Gasteiger partial charge is 0.472 e. The normalized spacial score (nSPS) is 15.5. The van der Waals surface area contributed by atoms with Gasteiger partial charge in [0, 0.05) is 12.8 Å². The predicted molar refractivity (Wildman–Crippen MR) is 236 cm³/mol. The fraction of sp³-hybridized carbons (Fsp3) is 0.500. The first-order valence-corrected chi connectivity index (χ1v) is 22.2. The van der Waals surface area contributed by atoms with Crippen LogP contribution in [0.3, 0.4) is 0 Å². The molecule has 330 valence electrons. The van der Waals surface area contributed by atoms with Crippen LogP contribution in [0.5, 0.6) is 0 Å². The highest BCUT2D eigenvalue weighted by molar-refractivity contribution is 7.47. The molecule has 0 aromatic carbocycles. The number of allylic oxidation sites excluding steroid dienone is 18. The number of nitrogens with two attached hydrogens (primary N) is 1. The number of phosphoric ester groups is 1. The number of ether oxygens (including phenoxy) is 2. The van der Waals surface area contributed by atoms with Gasteiger partial charge in [-0.3, -0.25) is 23.4 Å². The molecule has 0 radical (unpaired) electrons. The number of carbonyl (C=O) groups excluding carboxylic acids is 2. The molecule has 0 aromatic heterocycles. The van der Waals surface area contributed by atoms with Crippen LogP contribution < -0.4 is 5.73 Å². The summed E-state index contributed by atoms with van der Waals surface area (Å²) in [5.74, 6) is -2.66. The second-order valence-corrected chi connectivity index (χ2v) is 14.7. The summed E-state index contributed by atoms with van der Waals surface area (Å²) in [5, 5.41) is 19.1. The number of unbranched alkanes of at least 4 members (excludes halogenated alkanes) is 2. The van der Waals surface area contributed by atoms with Crippen LogP contribution >= 0.6 is 7.82 Å². The van der Waals surface area contributed by atoms with Gasteiger partial charge in [-0.15, -0.1) is 0 Å². The van der Waals surface area contributed by atoms with Crippen molar-refractivity contribution in [1.29, 1.82) is 0 Å². The third-order valence-corrected chi connectivity index (χ3v) is 8.75. The second-order valence-electron chi connectivity index (χ2n) is 13.2. The van der Waals surface area contributed by atoms with Gasteiger partial charge in [-0.25, -0.2) is 4.57 Å². The first-order valence-electron chi connectivity index (χ1n) is 20.7. The van der Waals surface area contributed by atoms with Gasteiger partial charge in [-0.05, 0) is 83.5 Å². The van der Waals surface area contributed by atoms with Gasteiger partial charge in [-0.1, -0.05) is 135 Å². The van der Waals surface area contributed by atoms with E-state index in [2.05, 4.69) is 103 Å². The summed E-state index contributed by atoms with van der Waals surface area (Å²) in [7, 11) is -4.78. The van der Waals surface area contributed by atoms with E-state index in [1.807, 2.05) is 12.2 Å². The Morgan fingerprint density at radius 3 is 1.68 bits per heavy atom. The number of carboxylic acids is 1. The minimum atomic E-state index is -4.78. The first kappa shape index (κ1) is 54.8. The quantitative estimate of drug-likeness (QED) is 0.0154. The number of rotatable bonds is 36. The van der Waals surface area contributed by atoms with Crippen molar-refractivity contribution in [2.75, 3.05) is 19.8 Å². The number of aliphatic hydroxyl groups is 1. The molecule has 59 heavy (non-hydrogen) atoms. The van der Waals surface area contributed by atoms with Crippen LogP contribution in [-0.2, 0) is 37.5 Å². The van der Waals surface area contributed by atoms with Crippen LogP contribution in [0, 0.1) is 0 Å². The first-order chi connectivity index (χ1) is 28.5. The van der Waals surface area contributed by atoms with Crippen molar-refractivity contribution in [3.8, 4) is 0 Å². The molecule has 0 saturated heterocycles. The van der Waals surface area contributed by atoms with E-state index in [0.29, 0.717) is 12.8 Å². The second kappa shape index (κ2) is 39.3. The maximum atomic E-state index is 12.6. The zero-order valence-electron chi connectivity index (χ0n) is 35.1. The Bertz CT molecular complexity index is 1470. The van der Waals surface area contributed by atoms with E-state index < -0.39 is 63.8 Å². The number of hydrogen-bond acceptors (Lipinski definition) is 10. The molecule has 0 aliphatic heterocycles. The Morgan fingerprint density at radius 2 is 1.12 bits per heavy atom. The number of carbonyl (C=O) groups is 3. The Morgan fingerprint density at radius 1 is 0.610 bits per heavy atom. The summed E-state index contributed by atoms with van der Waals surface area (Å²) in [4.78, 5) is 45.9. The SMILES string of the molecule is CC/C=C\C/C=C\C/C=C\C/C=C\C=C/C(O)C/C=C\CCC(=O)O[C@H](COC(=O)CCCC/C=C\C/C=C\C/C=C\C/C=C\CC)COP(=O)(O)OC[C@H](N)C(=O)O. The van der Waals surface area contributed by atoms with E-state index in [1.54, 1.807) is 24.3 Å². The standard InChI is InChI=1S/C46H70NO11P/c1-3-5-7-9-11-13-15-17-18-20-22-24-26-28-32-36-44(49)55-38-42(39-56-59(53,54)57-40-43(47)46(51)52)58-45(50)37-33-29-31-35-41(48)34-30-27-25-23-21-19-16-14-12-10-8-6-4-2/h5-8,11-14,17-19,21-22,24-25,27,29-31,34,41-43,48H,3-4,9-10,15-16,20,23,26,28,32-33,35-40,47H2,1-2H3,(H,51,52)(H,53,54)/b7-5-,8-6-,13-11-,14-12-,18-17-,21-19-,24-22-,27-25-,31-29-,34-30-/t41?,42-,43+/m1/s1. The van der Waals surface area contributed by atoms with Gasteiger partial charge in [0.15, 0.2) is 6.10 Å². The van der Waals surface area contributed by atoms with Gasteiger partial charge in [0.1, 0.15) is 12.6 Å². The van der Waals surface area contributed by atoms with Gasteiger partial charge in [0.05, 0.1) is 19.3 Å². The molecular weight excluding hydrogens is 773 g/mol. The average molecular weight is 844 g/mol. The molecule has 0 aromatic rings. The third-order valence-electron chi connectivity index (χ3n) is 7.80. The van der Waals surface area contributed by atoms with E-state index >= 15 is 0 Å². The zero-order valence-corrected chi connectivity index (χ0v) is 36.0. The van der Waals surface area contributed by atoms with Gasteiger partial charge in [0.2, 0.25) is 0 Å². The number of aliphatic carboxylic acids is 1. The van der Waals surface area contributed by atoms with Gasteiger partial charge in [-0.2, -0.15) is 0 Å². The highest BCUT2D eigenvalue weighted by atomic mass is 31.2. The van der Waals surface area contributed by atoms with E-state index in [-0.39, 0.29) is 19.3 Å². The molecule has 5 N–H and O–H groups in total. The molecule has 0 saturated carbocycles. The largest absolute Gasteiger partial charge is 0.480 e. The van der Waals surface area contributed by atoms with Crippen molar-refractivity contribution in [3.05, 3.63) is 122 Å². The van der Waals surface area contributed by atoms with Crippen molar-refractivity contribution in [2.45, 2.75) is 128 Å². The number of phosphoric acid groups is 1. The molecule has 0 heterocycles. The summed E-state index contributed by atoms with van der Waals surface area (Å²) in [5.41, 5.74) is 5.31. The summed E-state index contributed by atoms with van der Waals surface area (Å²) in [6, 6.07) is -1.56. The summed E-state index contributed by atoms with van der Waals surface area (Å²) >= 11 is 0. The van der Waals surface area contributed by atoms with E-state index in [4.69, 9.17) is 24.8 Å². The molecule has 0 rings (SSSR count). The minimum Gasteiger partial charge on any atom is -0.480 e. The highest BCUT2D eigenvalue weighted by Gasteiger charge is 2.28. The molecule has 0 amide bonds. The van der Waals surface area contributed by atoms with Crippen molar-refractivity contribution < 1.29 is 52.6 Å². The Kier molecular flexibility index (Phi) is 36.5. The minimum absolute atomic E-state index is 0.0626. The molecule has 0 fully saturated rings.